The standard InChI is InChI=1S/C21H29N3O4/c1-2-3-4-5-13-22-21(26)18-9-7-14-23(16-18)20(25)12-11-17-8-6-10-19(15-17)24(27)28/h6,8,10-12,15,18H,2-5,7,9,13-14,16H2,1H3,(H,22,26)/b12-11+. The summed E-state index contributed by atoms with van der Waals surface area (Å²) in [5, 5.41) is 13.8. The maximum absolute atomic E-state index is 12.5. The molecule has 0 bridgehead atoms. The van der Waals surface area contributed by atoms with Crippen LogP contribution < -0.4 is 5.32 Å². The summed E-state index contributed by atoms with van der Waals surface area (Å²) in [5.74, 6) is -0.321. The smallest absolute Gasteiger partial charge is 0.270 e. The highest BCUT2D eigenvalue weighted by Crippen LogP contribution is 2.18. The number of piperidine rings is 1. The number of nitrogens with one attached hydrogen (secondary N) is 1. The molecule has 1 N–H and O–H groups in total. The lowest BCUT2D eigenvalue weighted by Gasteiger charge is -2.31. The number of carbonyl (C=O) groups excluding carboxylic acids is 2. The average Bonchev–Trinajstić information content (AvgIpc) is 2.72. The van der Waals surface area contributed by atoms with E-state index in [2.05, 4.69) is 12.2 Å². The van der Waals surface area contributed by atoms with E-state index in [1.807, 2.05) is 0 Å². The minimum absolute atomic E-state index is 0.0109. The van der Waals surface area contributed by atoms with Gasteiger partial charge in [-0.05, 0) is 30.9 Å². The largest absolute Gasteiger partial charge is 0.356 e. The number of hydrogen-bond donors (Lipinski definition) is 1. The Kier molecular flexibility index (Phi) is 8.65. The summed E-state index contributed by atoms with van der Waals surface area (Å²) in [5.41, 5.74) is 0.587. The fourth-order valence-electron chi connectivity index (χ4n) is 3.31. The molecule has 0 radical (unpaired) electrons. The lowest BCUT2D eigenvalue weighted by atomic mass is 9.97. The number of hydrogen-bond acceptors (Lipinski definition) is 4. The van der Waals surface area contributed by atoms with Gasteiger partial charge in [0, 0.05) is 37.8 Å². The highest BCUT2D eigenvalue weighted by molar-refractivity contribution is 5.92. The van der Waals surface area contributed by atoms with Gasteiger partial charge < -0.3 is 10.2 Å². The second-order valence-electron chi connectivity index (χ2n) is 7.16. The van der Waals surface area contributed by atoms with Crippen molar-refractivity contribution in [1.82, 2.24) is 10.2 Å². The number of nitro groups is 1. The Morgan fingerprint density at radius 1 is 1.32 bits per heavy atom. The van der Waals surface area contributed by atoms with Crippen molar-refractivity contribution < 1.29 is 14.5 Å². The monoisotopic (exact) mass is 387 g/mol. The van der Waals surface area contributed by atoms with E-state index in [-0.39, 0.29) is 23.4 Å². The normalized spacial score (nSPS) is 16.9. The first-order chi connectivity index (χ1) is 13.5. The van der Waals surface area contributed by atoms with Gasteiger partial charge in [-0.15, -0.1) is 0 Å². The van der Waals surface area contributed by atoms with Crippen LogP contribution in [0.15, 0.2) is 30.3 Å². The molecule has 1 aliphatic heterocycles. The predicted molar refractivity (Wildman–Crippen MR) is 109 cm³/mol. The van der Waals surface area contributed by atoms with E-state index in [4.69, 9.17) is 0 Å². The van der Waals surface area contributed by atoms with Crippen molar-refractivity contribution >= 4 is 23.6 Å². The third-order valence-electron chi connectivity index (χ3n) is 4.93. The lowest BCUT2D eigenvalue weighted by molar-refractivity contribution is -0.384. The van der Waals surface area contributed by atoms with E-state index < -0.39 is 4.92 Å². The Bertz CT molecular complexity index is 717. The molecule has 7 heteroatoms. The molecule has 2 amide bonds. The van der Waals surface area contributed by atoms with E-state index in [0.29, 0.717) is 25.2 Å². The van der Waals surface area contributed by atoms with Crippen molar-refractivity contribution in [2.45, 2.75) is 45.4 Å². The summed E-state index contributed by atoms with van der Waals surface area (Å²) in [6.45, 7) is 3.88. The van der Waals surface area contributed by atoms with Crippen LogP contribution in [0.3, 0.4) is 0 Å². The lowest BCUT2D eigenvalue weighted by Crippen LogP contribution is -2.45. The van der Waals surface area contributed by atoms with Crippen LogP contribution in [0.2, 0.25) is 0 Å². The van der Waals surface area contributed by atoms with Crippen LogP contribution in [-0.4, -0.2) is 41.3 Å². The highest BCUT2D eigenvalue weighted by atomic mass is 16.6. The number of unbranched alkanes of at least 4 members (excludes halogenated alkanes) is 3. The highest BCUT2D eigenvalue weighted by Gasteiger charge is 2.27. The molecular weight excluding hydrogens is 358 g/mol. The molecule has 28 heavy (non-hydrogen) atoms. The molecule has 1 aromatic rings. The second kappa shape index (κ2) is 11.2. The molecular formula is C21H29N3O4. The van der Waals surface area contributed by atoms with E-state index in [1.165, 1.54) is 24.6 Å². The van der Waals surface area contributed by atoms with Gasteiger partial charge in [0.05, 0.1) is 10.8 Å². The van der Waals surface area contributed by atoms with Crippen LogP contribution in [0, 0.1) is 16.0 Å². The third kappa shape index (κ3) is 6.79. The zero-order valence-corrected chi connectivity index (χ0v) is 16.4. The Labute approximate surface area is 165 Å². The molecule has 1 heterocycles. The number of nitro benzene ring substituents is 1. The van der Waals surface area contributed by atoms with Crippen LogP contribution >= 0.6 is 0 Å². The summed E-state index contributed by atoms with van der Waals surface area (Å²) in [4.78, 5) is 36.9. The van der Waals surface area contributed by atoms with Gasteiger partial charge in [0.1, 0.15) is 0 Å². The Morgan fingerprint density at radius 2 is 2.14 bits per heavy atom. The van der Waals surface area contributed by atoms with Crippen molar-refractivity contribution in [1.29, 1.82) is 0 Å². The molecule has 0 spiro atoms. The van der Waals surface area contributed by atoms with Crippen molar-refractivity contribution in [3.8, 4) is 0 Å². The van der Waals surface area contributed by atoms with Crippen molar-refractivity contribution in [2.24, 2.45) is 5.92 Å². The van der Waals surface area contributed by atoms with E-state index in [1.54, 1.807) is 23.1 Å². The maximum Gasteiger partial charge on any atom is 0.270 e. The number of non-ortho nitro benzene ring substituents is 1. The maximum atomic E-state index is 12.5. The molecule has 7 nitrogen and oxygen atoms in total. The van der Waals surface area contributed by atoms with Crippen LogP contribution in [0.5, 0.6) is 0 Å². The first kappa shape index (κ1) is 21.6. The Hall–Kier alpha value is -2.70. The summed E-state index contributed by atoms with van der Waals surface area (Å²) in [6.07, 6.45) is 9.03. The second-order valence-corrected chi connectivity index (χ2v) is 7.16. The molecule has 152 valence electrons. The first-order valence-corrected chi connectivity index (χ1v) is 10.0. The molecule has 1 atom stereocenters. The Morgan fingerprint density at radius 3 is 2.89 bits per heavy atom. The van der Waals surface area contributed by atoms with Crippen LogP contribution in [0.25, 0.3) is 6.08 Å². The molecule has 0 saturated carbocycles. The van der Waals surface area contributed by atoms with Crippen molar-refractivity contribution in [2.75, 3.05) is 19.6 Å². The number of nitrogens with zero attached hydrogens (tertiary/aromatic N) is 2. The predicted octanol–water partition coefficient (Wildman–Crippen LogP) is 3.54. The number of likely N-dealkylation sites (tertiary alicyclic amines) is 1. The molecule has 1 aliphatic rings. The van der Waals surface area contributed by atoms with Crippen LogP contribution in [0.1, 0.15) is 51.0 Å². The van der Waals surface area contributed by atoms with Gasteiger partial charge in [0.25, 0.3) is 5.69 Å². The number of amides is 2. The number of carbonyl (C=O) groups is 2. The molecule has 0 aromatic heterocycles. The number of benzene rings is 1. The zero-order chi connectivity index (χ0) is 20.4. The summed E-state index contributed by atoms with van der Waals surface area (Å²) >= 11 is 0. The molecule has 1 saturated heterocycles. The quantitative estimate of drug-likeness (QED) is 0.304. The van der Waals surface area contributed by atoms with E-state index in [0.717, 1.165) is 32.1 Å². The molecule has 1 fully saturated rings. The van der Waals surface area contributed by atoms with E-state index in [9.17, 15) is 19.7 Å². The zero-order valence-electron chi connectivity index (χ0n) is 16.4. The third-order valence-corrected chi connectivity index (χ3v) is 4.93. The molecule has 2 rings (SSSR count). The Balaban J connectivity index is 1.85. The first-order valence-electron chi connectivity index (χ1n) is 10.0. The van der Waals surface area contributed by atoms with Crippen LogP contribution in [0.4, 0.5) is 5.69 Å². The van der Waals surface area contributed by atoms with E-state index >= 15 is 0 Å². The minimum atomic E-state index is -0.463. The molecule has 0 aliphatic carbocycles. The van der Waals surface area contributed by atoms with Crippen LogP contribution in [-0.2, 0) is 9.59 Å². The minimum Gasteiger partial charge on any atom is -0.356 e. The van der Waals surface area contributed by atoms with Gasteiger partial charge in [-0.1, -0.05) is 38.3 Å². The topological polar surface area (TPSA) is 92.6 Å². The van der Waals surface area contributed by atoms with Gasteiger partial charge in [-0.2, -0.15) is 0 Å². The van der Waals surface area contributed by atoms with Gasteiger partial charge in [-0.25, -0.2) is 0 Å². The van der Waals surface area contributed by atoms with Gasteiger partial charge in [0.15, 0.2) is 0 Å². The van der Waals surface area contributed by atoms with Gasteiger partial charge in [-0.3, -0.25) is 19.7 Å². The van der Waals surface area contributed by atoms with Crippen molar-refractivity contribution in [3.63, 3.8) is 0 Å². The average molecular weight is 387 g/mol. The molecule has 1 aromatic carbocycles. The fraction of sp³-hybridized carbons (Fsp3) is 0.524. The van der Waals surface area contributed by atoms with Gasteiger partial charge in [0.2, 0.25) is 11.8 Å². The molecule has 1 unspecified atom stereocenters. The number of rotatable bonds is 9. The summed E-state index contributed by atoms with van der Waals surface area (Å²) in [7, 11) is 0. The van der Waals surface area contributed by atoms with Crippen molar-refractivity contribution in [3.05, 3.63) is 46.0 Å². The van der Waals surface area contributed by atoms with Gasteiger partial charge >= 0.3 is 0 Å². The summed E-state index contributed by atoms with van der Waals surface area (Å²) in [6, 6.07) is 6.13. The fourth-order valence-corrected chi connectivity index (χ4v) is 3.31. The SMILES string of the molecule is CCCCCCNC(=O)C1CCCN(C(=O)/C=C/c2cccc([N+](=O)[O-])c2)C1. The summed E-state index contributed by atoms with van der Waals surface area (Å²) < 4.78 is 0.